The van der Waals surface area contributed by atoms with Gasteiger partial charge in [0.05, 0.1) is 6.42 Å². The van der Waals surface area contributed by atoms with E-state index in [0.29, 0.717) is 11.3 Å². The lowest BCUT2D eigenvalue weighted by atomic mass is 9.86. The third-order valence-corrected chi connectivity index (χ3v) is 4.34. The van der Waals surface area contributed by atoms with Gasteiger partial charge in [-0.15, -0.1) is 0 Å². The van der Waals surface area contributed by atoms with Crippen molar-refractivity contribution in [3.8, 4) is 0 Å². The molecule has 0 heterocycles. The van der Waals surface area contributed by atoms with Crippen LogP contribution >= 0.6 is 0 Å². The van der Waals surface area contributed by atoms with Gasteiger partial charge in [-0.3, -0.25) is 14.4 Å². The number of Topliss-reactive ketones (excluding diaryl/α,β-unsaturated/α-hetero) is 1. The predicted octanol–water partition coefficient (Wildman–Crippen LogP) is 4.30. The number of hydrogen-bond donors (Lipinski definition) is 1. The first kappa shape index (κ1) is 21.4. The summed E-state index contributed by atoms with van der Waals surface area (Å²) in [7, 11) is 0. The standard InChI is InChI=1S/C23H27NO4/c1-15(22(27)18-8-10-19(11-9-18)23(3,4)5)28-21(26)14-17-6-12-20(13-7-17)24-16(2)25/h6-13,15H,14H2,1-5H3,(H,24,25)/t15-/m0/s1. The van der Waals surface area contributed by atoms with Crippen molar-refractivity contribution in [3.05, 3.63) is 65.2 Å². The Balaban J connectivity index is 1.94. The predicted molar refractivity (Wildman–Crippen MR) is 109 cm³/mol. The smallest absolute Gasteiger partial charge is 0.310 e. The minimum Gasteiger partial charge on any atom is -0.454 e. The van der Waals surface area contributed by atoms with Crippen molar-refractivity contribution in [1.29, 1.82) is 0 Å². The van der Waals surface area contributed by atoms with Crippen LogP contribution in [0.5, 0.6) is 0 Å². The normalized spacial score (nSPS) is 12.2. The lowest BCUT2D eigenvalue weighted by Crippen LogP contribution is -2.25. The molecule has 1 atom stereocenters. The number of carbonyl (C=O) groups excluding carboxylic acids is 3. The van der Waals surface area contributed by atoms with E-state index in [0.717, 1.165) is 11.1 Å². The molecule has 0 aromatic heterocycles. The van der Waals surface area contributed by atoms with Crippen LogP contribution in [-0.4, -0.2) is 23.8 Å². The van der Waals surface area contributed by atoms with Crippen molar-refractivity contribution in [2.45, 2.75) is 52.6 Å². The van der Waals surface area contributed by atoms with Crippen LogP contribution in [-0.2, 0) is 26.2 Å². The third-order valence-electron chi connectivity index (χ3n) is 4.34. The van der Waals surface area contributed by atoms with E-state index in [1.54, 1.807) is 43.3 Å². The van der Waals surface area contributed by atoms with Crippen molar-refractivity contribution in [1.82, 2.24) is 0 Å². The zero-order chi connectivity index (χ0) is 20.9. The molecule has 2 aromatic rings. The van der Waals surface area contributed by atoms with E-state index >= 15 is 0 Å². The van der Waals surface area contributed by atoms with Gasteiger partial charge in [-0.1, -0.05) is 57.2 Å². The highest BCUT2D eigenvalue weighted by Gasteiger charge is 2.21. The summed E-state index contributed by atoms with van der Waals surface area (Å²) < 4.78 is 5.30. The van der Waals surface area contributed by atoms with Gasteiger partial charge in [-0.2, -0.15) is 0 Å². The van der Waals surface area contributed by atoms with Gasteiger partial charge in [0.25, 0.3) is 0 Å². The number of benzene rings is 2. The van der Waals surface area contributed by atoms with Gasteiger partial charge in [0.2, 0.25) is 11.7 Å². The zero-order valence-corrected chi connectivity index (χ0v) is 17.0. The number of carbonyl (C=O) groups is 3. The van der Waals surface area contributed by atoms with Gasteiger partial charge in [0.1, 0.15) is 0 Å². The van der Waals surface area contributed by atoms with Crippen molar-refractivity contribution >= 4 is 23.3 Å². The summed E-state index contributed by atoms with van der Waals surface area (Å²) in [5.41, 5.74) is 3.07. The Morgan fingerprint density at radius 2 is 1.54 bits per heavy atom. The second kappa shape index (κ2) is 8.83. The fourth-order valence-corrected chi connectivity index (χ4v) is 2.74. The number of nitrogens with one attached hydrogen (secondary N) is 1. The maximum Gasteiger partial charge on any atom is 0.310 e. The molecule has 2 aromatic carbocycles. The van der Waals surface area contributed by atoms with Crippen LogP contribution in [0.3, 0.4) is 0 Å². The fourth-order valence-electron chi connectivity index (χ4n) is 2.74. The summed E-state index contributed by atoms with van der Waals surface area (Å²) in [6.45, 7) is 9.34. The molecule has 0 aliphatic carbocycles. The van der Waals surface area contributed by atoms with Crippen LogP contribution in [0, 0.1) is 0 Å². The van der Waals surface area contributed by atoms with Crippen molar-refractivity contribution in [3.63, 3.8) is 0 Å². The van der Waals surface area contributed by atoms with Crippen molar-refractivity contribution in [2.24, 2.45) is 0 Å². The summed E-state index contributed by atoms with van der Waals surface area (Å²) in [5.74, 6) is -0.857. The second-order valence-corrected chi connectivity index (χ2v) is 7.88. The van der Waals surface area contributed by atoms with Gasteiger partial charge >= 0.3 is 5.97 Å². The number of anilines is 1. The first-order chi connectivity index (χ1) is 13.1. The molecular formula is C23H27NO4. The Bertz CT molecular complexity index is 846. The molecule has 0 spiro atoms. The van der Waals surface area contributed by atoms with E-state index in [2.05, 4.69) is 26.1 Å². The minimum atomic E-state index is -0.855. The molecule has 5 nitrogen and oxygen atoms in total. The number of hydrogen-bond acceptors (Lipinski definition) is 4. The van der Waals surface area contributed by atoms with Crippen molar-refractivity contribution in [2.75, 3.05) is 5.32 Å². The molecule has 0 aliphatic heterocycles. The van der Waals surface area contributed by atoms with Gasteiger partial charge in [0, 0.05) is 18.2 Å². The first-order valence-corrected chi connectivity index (χ1v) is 9.27. The minimum absolute atomic E-state index is 0.00907. The van der Waals surface area contributed by atoms with Crippen LogP contribution in [0.1, 0.15) is 56.1 Å². The summed E-state index contributed by atoms with van der Waals surface area (Å²) in [5, 5.41) is 2.66. The van der Waals surface area contributed by atoms with Gasteiger partial charge in [-0.25, -0.2) is 0 Å². The quantitative estimate of drug-likeness (QED) is 0.598. The van der Waals surface area contributed by atoms with Gasteiger partial charge in [0.15, 0.2) is 6.10 Å². The summed E-state index contributed by atoms with van der Waals surface area (Å²) >= 11 is 0. The molecule has 1 amide bonds. The monoisotopic (exact) mass is 381 g/mol. The molecule has 148 valence electrons. The van der Waals surface area contributed by atoms with Crippen molar-refractivity contribution < 1.29 is 19.1 Å². The van der Waals surface area contributed by atoms with Gasteiger partial charge < -0.3 is 10.1 Å². The SMILES string of the molecule is CC(=O)Nc1ccc(CC(=O)O[C@@H](C)C(=O)c2ccc(C(C)(C)C)cc2)cc1. The molecule has 28 heavy (non-hydrogen) atoms. The molecule has 2 rings (SSSR count). The highest BCUT2D eigenvalue weighted by molar-refractivity contribution is 6.00. The molecule has 0 bridgehead atoms. The lowest BCUT2D eigenvalue weighted by Gasteiger charge is -2.19. The highest BCUT2D eigenvalue weighted by Crippen LogP contribution is 2.22. The van der Waals surface area contributed by atoms with Gasteiger partial charge in [-0.05, 0) is 35.6 Å². The maximum atomic E-state index is 12.5. The molecule has 1 N–H and O–H groups in total. The Morgan fingerprint density at radius 1 is 0.964 bits per heavy atom. The average molecular weight is 381 g/mol. The molecule has 0 radical (unpaired) electrons. The van der Waals surface area contributed by atoms with E-state index in [4.69, 9.17) is 4.74 Å². The zero-order valence-electron chi connectivity index (χ0n) is 17.0. The Hall–Kier alpha value is -2.95. The number of ketones is 1. The largest absolute Gasteiger partial charge is 0.454 e. The molecule has 0 fully saturated rings. The summed E-state index contributed by atoms with van der Waals surface area (Å²) in [4.78, 5) is 35.7. The molecule has 0 unspecified atom stereocenters. The van der Waals surface area contributed by atoms with E-state index in [1.807, 2.05) is 12.1 Å². The fraction of sp³-hybridized carbons (Fsp3) is 0.348. The number of rotatable bonds is 6. The lowest BCUT2D eigenvalue weighted by molar-refractivity contribution is -0.145. The molecule has 0 saturated heterocycles. The molecule has 0 aliphatic rings. The van der Waals surface area contributed by atoms with E-state index in [-0.39, 0.29) is 23.5 Å². The Kier molecular flexibility index (Phi) is 6.73. The number of ether oxygens (including phenoxy) is 1. The van der Waals surface area contributed by atoms with Crippen LogP contribution in [0.25, 0.3) is 0 Å². The molecule has 0 saturated carbocycles. The van der Waals surface area contributed by atoms with E-state index < -0.39 is 12.1 Å². The van der Waals surface area contributed by atoms with Crippen LogP contribution in [0.15, 0.2) is 48.5 Å². The topological polar surface area (TPSA) is 72.5 Å². The number of esters is 1. The molecular weight excluding hydrogens is 354 g/mol. The summed E-state index contributed by atoms with van der Waals surface area (Å²) in [6.07, 6.45) is -0.798. The number of amides is 1. The van der Waals surface area contributed by atoms with E-state index in [1.165, 1.54) is 6.92 Å². The Morgan fingerprint density at radius 3 is 2.04 bits per heavy atom. The first-order valence-electron chi connectivity index (χ1n) is 9.27. The second-order valence-electron chi connectivity index (χ2n) is 7.88. The highest BCUT2D eigenvalue weighted by atomic mass is 16.5. The van der Waals surface area contributed by atoms with Crippen LogP contribution in [0.4, 0.5) is 5.69 Å². The third kappa shape index (κ3) is 6.05. The van der Waals surface area contributed by atoms with Crippen LogP contribution < -0.4 is 5.32 Å². The Labute approximate surface area is 166 Å². The van der Waals surface area contributed by atoms with E-state index in [9.17, 15) is 14.4 Å². The average Bonchev–Trinajstić information content (AvgIpc) is 2.61. The maximum absolute atomic E-state index is 12.5. The van der Waals surface area contributed by atoms with Crippen LogP contribution in [0.2, 0.25) is 0 Å². The molecule has 5 heteroatoms. The summed E-state index contributed by atoms with van der Waals surface area (Å²) in [6, 6.07) is 14.3.